The highest BCUT2D eigenvalue weighted by atomic mass is 32.2. The molecule has 0 fully saturated rings. The smallest absolute Gasteiger partial charge is 0.209 e. The van der Waals surface area contributed by atoms with Crippen LogP contribution in [0.1, 0.15) is 57.1 Å². The first-order chi connectivity index (χ1) is 14.9. The van der Waals surface area contributed by atoms with E-state index in [9.17, 15) is 8.42 Å². The van der Waals surface area contributed by atoms with Gasteiger partial charge in [-0.25, -0.2) is 8.42 Å². The van der Waals surface area contributed by atoms with Crippen LogP contribution in [0, 0.1) is 6.92 Å². The summed E-state index contributed by atoms with van der Waals surface area (Å²) in [4.78, 5) is 0.701. The Morgan fingerprint density at radius 1 is 1.06 bits per heavy atom. The van der Waals surface area contributed by atoms with Gasteiger partial charge in [-0.2, -0.15) is 0 Å². The molecule has 2 aromatic heterocycles. The Morgan fingerprint density at radius 3 is 2.45 bits per heavy atom. The maximum atomic E-state index is 13.6. The zero-order valence-corrected chi connectivity index (χ0v) is 19.8. The Morgan fingerprint density at radius 2 is 1.77 bits per heavy atom. The maximum absolute atomic E-state index is 13.6. The molecule has 0 radical (unpaired) electrons. The normalized spacial score (nSPS) is 12.0. The minimum atomic E-state index is -3.66. The molecule has 1 aromatic carbocycles. The largest absolute Gasteiger partial charge is 0.494 e. The first-order valence-electron chi connectivity index (χ1n) is 11.1. The fraction of sp³-hybridized carbons (Fsp3) is 0.440. The van der Waals surface area contributed by atoms with Crippen molar-refractivity contribution >= 4 is 15.4 Å². The van der Waals surface area contributed by atoms with Crippen molar-refractivity contribution in [3.63, 3.8) is 0 Å². The van der Waals surface area contributed by atoms with Crippen molar-refractivity contribution in [3.05, 3.63) is 59.9 Å². The number of unbranched alkanes of at least 4 members (excludes halogenated alkanes) is 1. The van der Waals surface area contributed by atoms with Crippen LogP contribution in [0.5, 0.6) is 5.75 Å². The van der Waals surface area contributed by atoms with Gasteiger partial charge in [0, 0.05) is 12.4 Å². The first kappa shape index (κ1) is 23.4. The van der Waals surface area contributed by atoms with E-state index in [-0.39, 0.29) is 5.92 Å². The zero-order chi connectivity index (χ0) is 22.4. The lowest BCUT2D eigenvalue weighted by Crippen LogP contribution is -2.18. The molecule has 0 amide bonds. The van der Waals surface area contributed by atoms with E-state index >= 15 is 0 Å². The second-order valence-corrected chi connectivity index (χ2v) is 10.2. The molecule has 0 aliphatic heterocycles. The van der Waals surface area contributed by atoms with Gasteiger partial charge in [0.05, 0.1) is 17.0 Å². The first-order valence-corrected chi connectivity index (χ1v) is 12.6. The number of benzene rings is 1. The van der Waals surface area contributed by atoms with Crippen LogP contribution in [0.4, 0.5) is 0 Å². The molecule has 5 nitrogen and oxygen atoms in total. The average Bonchev–Trinajstić information content (AvgIpc) is 3.16. The van der Waals surface area contributed by atoms with Crippen LogP contribution >= 0.6 is 0 Å². The number of nitrogens with zero attached hydrogens (tertiary/aromatic N) is 1. The molecule has 0 saturated heterocycles. The highest BCUT2D eigenvalue weighted by molar-refractivity contribution is 7.91. The van der Waals surface area contributed by atoms with Crippen molar-refractivity contribution in [1.29, 1.82) is 0 Å². The van der Waals surface area contributed by atoms with Crippen molar-refractivity contribution in [3.8, 4) is 5.75 Å². The van der Waals surface area contributed by atoms with Crippen LogP contribution in [0.2, 0.25) is 0 Å². The van der Waals surface area contributed by atoms with E-state index < -0.39 is 9.84 Å². The van der Waals surface area contributed by atoms with E-state index in [1.165, 1.54) is 12.8 Å². The fourth-order valence-electron chi connectivity index (χ4n) is 3.73. The highest BCUT2D eigenvalue weighted by Gasteiger charge is 2.28. The van der Waals surface area contributed by atoms with E-state index in [4.69, 9.17) is 4.74 Å². The molecule has 2 heterocycles. The fourth-order valence-corrected chi connectivity index (χ4v) is 5.58. The monoisotopic (exact) mass is 442 g/mol. The highest BCUT2D eigenvalue weighted by Crippen LogP contribution is 2.35. The molecule has 0 aliphatic rings. The molecule has 0 bridgehead atoms. The lowest BCUT2D eigenvalue weighted by Gasteiger charge is -2.11. The molecule has 3 aromatic rings. The summed E-state index contributed by atoms with van der Waals surface area (Å²) < 4.78 is 34.9. The van der Waals surface area contributed by atoms with Gasteiger partial charge in [-0.05, 0) is 80.2 Å². The third-order valence-electron chi connectivity index (χ3n) is 5.48. The Balaban J connectivity index is 1.78. The van der Waals surface area contributed by atoms with Crippen molar-refractivity contribution in [2.24, 2.45) is 0 Å². The van der Waals surface area contributed by atoms with Gasteiger partial charge < -0.3 is 14.5 Å². The number of nitrogens with one attached hydrogen (secondary N) is 1. The summed E-state index contributed by atoms with van der Waals surface area (Å²) in [7, 11) is -3.66. The number of hydrogen-bond acceptors (Lipinski definition) is 4. The van der Waals surface area contributed by atoms with Gasteiger partial charge in [-0.3, -0.25) is 0 Å². The van der Waals surface area contributed by atoms with Gasteiger partial charge in [0.25, 0.3) is 0 Å². The van der Waals surface area contributed by atoms with Crippen molar-refractivity contribution in [2.45, 2.75) is 62.7 Å². The number of sulfone groups is 1. The Hall–Kier alpha value is -2.31. The molecule has 0 aliphatic carbocycles. The van der Waals surface area contributed by atoms with Crippen LogP contribution in [0.25, 0.3) is 5.52 Å². The van der Waals surface area contributed by atoms with Gasteiger partial charge in [-0.1, -0.05) is 33.3 Å². The summed E-state index contributed by atoms with van der Waals surface area (Å²) in [6.45, 7) is 10.7. The molecule has 6 heteroatoms. The second-order valence-electron chi connectivity index (χ2n) is 8.30. The Labute approximate surface area is 186 Å². The van der Waals surface area contributed by atoms with E-state index in [0.717, 1.165) is 36.2 Å². The Kier molecular flexibility index (Phi) is 7.79. The minimum Gasteiger partial charge on any atom is -0.494 e. The van der Waals surface area contributed by atoms with Crippen LogP contribution in [-0.4, -0.2) is 32.5 Å². The number of aromatic nitrogens is 1. The number of ether oxygens (including phenoxy) is 1. The predicted molar refractivity (Wildman–Crippen MR) is 126 cm³/mol. The standard InChI is InChI=1S/C25H34N2O3S/c1-5-6-14-26-15-8-17-30-21-10-12-22(13-11-21)31(28,29)25-23(19(2)3)18-27-16-7-9-20(4)24(25)27/h7,9-13,16,18-19,26H,5-6,8,14-15,17H2,1-4H3. The van der Waals surface area contributed by atoms with E-state index in [2.05, 4.69) is 12.2 Å². The van der Waals surface area contributed by atoms with Gasteiger partial charge in [0.15, 0.2) is 0 Å². The van der Waals surface area contributed by atoms with Crippen LogP contribution in [0.3, 0.4) is 0 Å². The van der Waals surface area contributed by atoms with Gasteiger partial charge in [0.2, 0.25) is 9.84 Å². The molecular weight excluding hydrogens is 408 g/mol. The third kappa shape index (κ3) is 5.31. The van der Waals surface area contributed by atoms with Crippen LogP contribution in [0.15, 0.2) is 58.6 Å². The molecule has 0 spiro atoms. The van der Waals surface area contributed by atoms with E-state index in [1.54, 1.807) is 24.3 Å². The predicted octanol–water partition coefficient (Wildman–Crippen LogP) is 5.36. The van der Waals surface area contributed by atoms with Crippen LogP contribution in [-0.2, 0) is 9.84 Å². The number of pyridine rings is 1. The lowest BCUT2D eigenvalue weighted by molar-refractivity contribution is 0.308. The average molecular weight is 443 g/mol. The zero-order valence-electron chi connectivity index (χ0n) is 19.0. The quantitative estimate of drug-likeness (QED) is 0.406. The summed E-state index contributed by atoms with van der Waals surface area (Å²) in [5, 5.41) is 3.39. The lowest BCUT2D eigenvalue weighted by atomic mass is 10.1. The van der Waals surface area contributed by atoms with E-state index in [0.29, 0.717) is 22.1 Å². The van der Waals surface area contributed by atoms with Crippen molar-refractivity contribution in [2.75, 3.05) is 19.7 Å². The number of hydrogen-bond donors (Lipinski definition) is 1. The topological polar surface area (TPSA) is 59.8 Å². The minimum absolute atomic E-state index is 0.0950. The SMILES string of the molecule is CCCCNCCCOc1ccc(S(=O)(=O)c2c(C(C)C)cn3cccc(C)c23)cc1. The molecular formula is C25H34N2O3S. The summed E-state index contributed by atoms with van der Waals surface area (Å²) in [5.74, 6) is 0.784. The van der Waals surface area contributed by atoms with Gasteiger partial charge in [-0.15, -0.1) is 0 Å². The summed E-state index contributed by atoms with van der Waals surface area (Å²) >= 11 is 0. The summed E-state index contributed by atoms with van der Waals surface area (Å²) in [5.41, 5.74) is 2.53. The Bertz CT molecular complexity index is 1100. The van der Waals surface area contributed by atoms with E-state index in [1.807, 2.05) is 49.7 Å². The molecule has 0 unspecified atom stereocenters. The van der Waals surface area contributed by atoms with Gasteiger partial charge >= 0.3 is 0 Å². The summed E-state index contributed by atoms with van der Waals surface area (Å²) in [6.07, 6.45) is 7.13. The van der Waals surface area contributed by atoms with Crippen molar-refractivity contribution < 1.29 is 13.2 Å². The van der Waals surface area contributed by atoms with Gasteiger partial charge in [0.1, 0.15) is 10.6 Å². The number of fused-ring (bicyclic) bond motifs is 1. The van der Waals surface area contributed by atoms with Crippen LogP contribution < -0.4 is 10.1 Å². The maximum Gasteiger partial charge on any atom is 0.209 e. The number of aryl methyl sites for hydroxylation is 1. The molecule has 3 rings (SSSR count). The molecule has 168 valence electrons. The molecule has 31 heavy (non-hydrogen) atoms. The third-order valence-corrected chi connectivity index (χ3v) is 7.34. The summed E-state index contributed by atoms with van der Waals surface area (Å²) in [6, 6.07) is 10.7. The molecule has 0 saturated carbocycles. The number of rotatable bonds is 11. The van der Waals surface area contributed by atoms with Crippen molar-refractivity contribution in [1.82, 2.24) is 9.72 Å². The molecule has 0 atom stereocenters. The second kappa shape index (κ2) is 10.3. The molecule has 1 N–H and O–H groups in total.